The summed E-state index contributed by atoms with van der Waals surface area (Å²) in [6.07, 6.45) is 7.97. The Labute approximate surface area is 217 Å². The van der Waals surface area contributed by atoms with E-state index < -0.39 is 0 Å². The highest BCUT2D eigenvalue weighted by atomic mass is 35.5. The largest absolute Gasteiger partial charge is 0.377 e. The number of nitrogens with zero attached hydrogens (tertiary/aromatic N) is 2. The van der Waals surface area contributed by atoms with Gasteiger partial charge in [0.15, 0.2) is 0 Å². The molecule has 0 unspecified atom stereocenters. The standard InChI is InChI=1S/C28H34ClN5O2/c1-18-2-6-21-7-11-25(34-28(21)27(18)29)32-22-8-3-19(4-9-22)12-13-30-24-10-5-20(15-31-24)14-26(35)33-23-16-36-17-23/h2,5-7,10-11,15,19,22-23H,3-4,8-9,12-14,16-17H2,1H3,(H,30,31)(H,32,34)(H,33,35)/t19-,22-. The van der Waals surface area contributed by atoms with Crippen molar-refractivity contribution in [3.8, 4) is 0 Å². The minimum absolute atomic E-state index is 0.0196. The fraction of sp³-hybridized carbons (Fsp3) is 0.464. The monoisotopic (exact) mass is 507 g/mol. The van der Waals surface area contributed by atoms with Crippen LogP contribution in [0.4, 0.5) is 11.6 Å². The number of anilines is 2. The van der Waals surface area contributed by atoms with Gasteiger partial charge in [0.05, 0.1) is 36.2 Å². The summed E-state index contributed by atoms with van der Waals surface area (Å²) in [6.45, 7) is 4.14. The van der Waals surface area contributed by atoms with Crippen LogP contribution in [0.5, 0.6) is 0 Å². The molecule has 0 radical (unpaired) electrons. The van der Waals surface area contributed by atoms with Gasteiger partial charge in [-0.1, -0.05) is 29.8 Å². The molecule has 190 valence electrons. The van der Waals surface area contributed by atoms with E-state index in [1.807, 2.05) is 25.1 Å². The predicted molar refractivity (Wildman–Crippen MR) is 145 cm³/mol. The van der Waals surface area contributed by atoms with Gasteiger partial charge in [0.1, 0.15) is 11.6 Å². The third-order valence-corrected chi connectivity index (χ3v) is 7.72. The normalized spacial score (nSPS) is 20.1. The molecular formula is C28H34ClN5O2. The summed E-state index contributed by atoms with van der Waals surface area (Å²) in [4.78, 5) is 21.3. The van der Waals surface area contributed by atoms with Gasteiger partial charge in [-0.05, 0) is 74.3 Å². The number of aromatic nitrogens is 2. The average Bonchev–Trinajstić information content (AvgIpc) is 2.86. The first-order valence-electron chi connectivity index (χ1n) is 12.9. The van der Waals surface area contributed by atoms with E-state index in [2.05, 4.69) is 39.1 Å². The van der Waals surface area contributed by atoms with Gasteiger partial charge in [0, 0.05) is 24.2 Å². The van der Waals surface area contributed by atoms with Crippen molar-refractivity contribution in [2.24, 2.45) is 5.92 Å². The highest BCUT2D eigenvalue weighted by Gasteiger charge is 2.22. The van der Waals surface area contributed by atoms with Gasteiger partial charge in [0.25, 0.3) is 0 Å². The zero-order valence-electron chi connectivity index (χ0n) is 20.7. The van der Waals surface area contributed by atoms with Gasteiger partial charge < -0.3 is 20.7 Å². The zero-order chi connectivity index (χ0) is 24.9. The van der Waals surface area contributed by atoms with Crippen LogP contribution in [0.2, 0.25) is 5.02 Å². The number of hydrogen-bond acceptors (Lipinski definition) is 6. The molecule has 0 atom stereocenters. The number of fused-ring (bicyclic) bond motifs is 1. The molecule has 1 saturated heterocycles. The molecule has 1 aliphatic heterocycles. The third-order valence-electron chi connectivity index (χ3n) is 7.24. The van der Waals surface area contributed by atoms with E-state index in [1.165, 1.54) is 12.8 Å². The maximum atomic E-state index is 12.0. The molecule has 0 spiro atoms. The number of carbonyl (C=O) groups is 1. The van der Waals surface area contributed by atoms with Crippen LogP contribution in [0.25, 0.3) is 10.9 Å². The third kappa shape index (κ3) is 6.26. The Bertz CT molecular complexity index is 1190. The molecule has 0 bridgehead atoms. The lowest BCUT2D eigenvalue weighted by Gasteiger charge is -2.29. The van der Waals surface area contributed by atoms with E-state index in [0.717, 1.165) is 70.4 Å². The fourth-order valence-corrected chi connectivity index (χ4v) is 5.18. The summed E-state index contributed by atoms with van der Waals surface area (Å²) in [6, 6.07) is 12.8. The van der Waals surface area contributed by atoms with Crippen molar-refractivity contribution < 1.29 is 9.53 Å². The number of pyridine rings is 2. The van der Waals surface area contributed by atoms with Gasteiger partial charge in [-0.2, -0.15) is 0 Å². The second-order valence-electron chi connectivity index (χ2n) is 10.1. The Morgan fingerprint density at radius 1 is 1.03 bits per heavy atom. The molecule has 8 heteroatoms. The van der Waals surface area contributed by atoms with Gasteiger partial charge in [0.2, 0.25) is 5.91 Å². The number of benzene rings is 1. The SMILES string of the molecule is Cc1ccc2ccc(N[C@H]3CC[C@H](CCNc4ccc(CC(=O)NC5COC5)cn4)CC3)nc2c1Cl. The van der Waals surface area contributed by atoms with Crippen LogP contribution in [0.3, 0.4) is 0 Å². The molecule has 2 fully saturated rings. The van der Waals surface area contributed by atoms with E-state index in [9.17, 15) is 4.79 Å². The van der Waals surface area contributed by atoms with Crippen LogP contribution < -0.4 is 16.0 Å². The van der Waals surface area contributed by atoms with E-state index >= 15 is 0 Å². The molecule has 2 aromatic heterocycles. The Morgan fingerprint density at radius 2 is 1.81 bits per heavy atom. The molecule has 5 rings (SSSR count). The average molecular weight is 508 g/mol. The molecule has 2 aliphatic rings. The van der Waals surface area contributed by atoms with Crippen LogP contribution in [0.1, 0.15) is 43.2 Å². The summed E-state index contributed by atoms with van der Waals surface area (Å²) in [7, 11) is 0. The minimum Gasteiger partial charge on any atom is -0.377 e. The van der Waals surface area contributed by atoms with Crippen LogP contribution in [0, 0.1) is 12.8 Å². The lowest BCUT2D eigenvalue weighted by molar-refractivity contribution is -0.124. The Kier molecular flexibility index (Phi) is 7.87. The number of aryl methyl sites for hydroxylation is 1. The van der Waals surface area contributed by atoms with E-state index in [1.54, 1.807) is 6.20 Å². The predicted octanol–water partition coefficient (Wildman–Crippen LogP) is 5.12. The van der Waals surface area contributed by atoms with Crippen molar-refractivity contribution in [1.82, 2.24) is 15.3 Å². The van der Waals surface area contributed by atoms with E-state index in [4.69, 9.17) is 21.3 Å². The first-order chi connectivity index (χ1) is 17.5. The minimum atomic E-state index is 0.0196. The highest BCUT2D eigenvalue weighted by Crippen LogP contribution is 2.30. The molecule has 1 saturated carbocycles. The number of rotatable bonds is 9. The molecule has 1 aromatic carbocycles. The first kappa shape index (κ1) is 24.8. The van der Waals surface area contributed by atoms with Crippen molar-refractivity contribution >= 4 is 40.0 Å². The Hall–Kier alpha value is -2.90. The van der Waals surface area contributed by atoms with Crippen molar-refractivity contribution in [3.05, 3.63) is 58.7 Å². The first-order valence-corrected chi connectivity index (χ1v) is 13.3. The molecule has 3 heterocycles. The van der Waals surface area contributed by atoms with E-state index in [0.29, 0.717) is 25.7 Å². The Morgan fingerprint density at radius 3 is 2.53 bits per heavy atom. The lowest BCUT2D eigenvalue weighted by atomic mass is 9.84. The maximum Gasteiger partial charge on any atom is 0.224 e. The summed E-state index contributed by atoms with van der Waals surface area (Å²) in [5, 5.41) is 11.8. The van der Waals surface area contributed by atoms with Crippen molar-refractivity contribution in [3.63, 3.8) is 0 Å². The Balaban J connectivity index is 1.02. The summed E-state index contributed by atoms with van der Waals surface area (Å²) in [5.41, 5.74) is 2.84. The van der Waals surface area contributed by atoms with Crippen LogP contribution >= 0.6 is 11.6 Å². The molecule has 7 nitrogen and oxygen atoms in total. The second kappa shape index (κ2) is 11.4. The van der Waals surface area contributed by atoms with Crippen molar-refractivity contribution in [2.45, 2.75) is 57.5 Å². The fourth-order valence-electron chi connectivity index (χ4n) is 4.96. The number of ether oxygens (including phenoxy) is 1. The van der Waals surface area contributed by atoms with Gasteiger partial charge in [-0.25, -0.2) is 9.97 Å². The maximum absolute atomic E-state index is 12.0. The number of amides is 1. The van der Waals surface area contributed by atoms with Crippen LogP contribution in [-0.4, -0.2) is 47.7 Å². The molecule has 3 N–H and O–H groups in total. The molecule has 3 aromatic rings. The van der Waals surface area contributed by atoms with Gasteiger partial charge in [-0.3, -0.25) is 4.79 Å². The number of carbonyl (C=O) groups excluding carboxylic acids is 1. The second-order valence-corrected chi connectivity index (χ2v) is 10.5. The zero-order valence-corrected chi connectivity index (χ0v) is 21.5. The van der Waals surface area contributed by atoms with Crippen molar-refractivity contribution in [2.75, 3.05) is 30.4 Å². The summed E-state index contributed by atoms with van der Waals surface area (Å²) >= 11 is 6.48. The molecule has 36 heavy (non-hydrogen) atoms. The number of hydrogen-bond donors (Lipinski definition) is 3. The summed E-state index contributed by atoms with van der Waals surface area (Å²) < 4.78 is 5.09. The quantitative estimate of drug-likeness (QED) is 0.372. The molecule has 1 aliphatic carbocycles. The number of nitrogens with one attached hydrogen (secondary N) is 3. The van der Waals surface area contributed by atoms with E-state index in [-0.39, 0.29) is 11.9 Å². The van der Waals surface area contributed by atoms with Gasteiger partial charge >= 0.3 is 0 Å². The molecule has 1 amide bonds. The number of halogens is 1. The van der Waals surface area contributed by atoms with Crippen LogP contribution in [0.15, 0.2) is 42.6 Å². The highest BCUT2D eigenvalue weighted by molar-refractivity contribution is 6.35. The smallest absolute Gasteiger partial charge is 0.224 e. The summed E-state index contributed by atoms with van der Waals surface area (Å²) in [5.74, 6) is 2.50. The van der Waals surface area contributed by atoms with Crippen LogP contribution in [-0.2, 0) is 16.0 Å². The van der Waals surface area contributed by atoms with Crippen molar-refractivity contribution in [1.29, 1.82) is 0 Å². The van der Waals surface area contributed by atoms with Gasteiger partial charge in [-0.15, -0.1) is 0 Å². The topological polar surface area (TPSA) is 88.2 Å². The lowest BCUT2D eigenvalue weighted by Crippen LogP contribution is -2.49. The molecular weight excluding hydrogens is 474 g/mol.